The molecule has 0 bridgehead atoms. The van der Waals surface area contributed by atoms with Crippen molar-refractivity contribution in [1.82, 2.24) is 15.1 Å². The van der Waals surface area contributed by atoms with E-state index in [0.29, 0.717) is 17.6 Å². The number of aliphatic hydroxyl groups is 1. The van der Waals surface area contributed by atoms with Gasteiger partial charge >= 0.3 is 6.03 Å². The van der Waals surface area contributed by atoms with Gasteiger partial charge in [0.05, 0.1) is 12.6 Å². The van der Waals surface area contributed by atoms with E-state index in [1.54, 1.807) is 4.90 Å². The third-order valence-electron chi connectivity index (χ3n) is 4.58. The summed E-state index contributed by atoms with van der Waals surface area (Å²) in [5.41, 5.74) is 3.37. The van der Waals surface area contributed by atoms with E-state index in [-0.39, 0.29) is 18.7 Å². The predicted octanol–water partition coefficient (Wildman–Crippen LogP) is 3.06. The summed E-state index contributed by atoms with van der Waals surface area (Å²) in [7, 11) is 0. The van der Waals surface area contributed by atoms with Crippen molar-refractivity contribution in [2.24, 2.45) is 5.92 Å². The van der Waals surface area contributed by atoms with Crippen LogP contribution in [0.1, 0.15) is 24.5 Å². The molecule has 6 nitrogen and oxygen atoms in total. The van der Waals surface area contributed by atoms with Crippen LogP contribution in [-0.4, -0.2) is 45.4 Å². The minimum Gasteiger partial charge on any atom is -0.394 e. The van der Waals surface area contributed by atoms with Crippen molar-refractivity contribution >= 4 is 22.5 Å². The molecule has 2 amide bonds. The topological polar surface area (TPSA) is 78.4 Å². The molecule has 2 atom stereocenters. The monoisotopic (exact) mass is 346 g/mol. The summed E-state index contributed by atoms with van der Waals surface area (Å²) in [5.74, 6) is 0.306. The van der Waals surface area contributed by atoms with Gasteiger partial charge in [0.1, 0.15) is 5.01 Å². The number of hydrogen-bond acceptors (Lipinski definition) is 5. The number of carbonyl (C=O) groups excluding carboxylic acids is 1. The maximum Gasteiger partial charge on any atom is 0.324 e. The summed E-state index contributed by atoms with van der Waals surface area (Å²) in [6.45, 7) is 6.79. The van der Waals surface area contributed by atoms with Crippen molar-refractivity contribution in [3.05, 3.63) is 29.3 Å². The molecule has 1 fully saturated rings. The quantitative estimate of drug-likeness (QED) is 0.895. The van der Waals surface area contributed by atoms with Crippen LogP contribution in [0.25, 0.3) is 10.6 Å². The molecule has 0 unspecified atom stereocenters. The van der Waals surface area contributed by atoms with Crippen molar-refractivity contribution in [2.45, 2.75) is 33.2 Å². The number of aryl methyl sites for hydroxylation is 2. The average molecular weight is 346 g/mol. The molecular formula is C17H22N4O2S. The Morgan fingerprint density at radius 1 is 1.42 bits per heavy atom. The Bertz CT molecular complexity index is 746. The van der Waals surface area contributed by atoms with Gasteiger partial charge in [0.2, 0.25) is 5.13 Å². The number of hydrogen-bond donors (Lipinski definition) is 2. The minimum absolute atomic E-state index is 0.0154. The maximum absolute atomic E-state index is 12.4. The van der Waals surface area contributed by atoms with Gasteiger partial charge in [0, 0.05) is 12.1 Å². The molecule has 1 aromatic carbocycles. The zero-order valence-corrected chi connectivity index (χ0v) is 14.9. The lowest BCUT2D eigenvalue weighted by atomic mass is 10.0. The molecule has 0 saturated carbocycles. The zero-order valence-electron chi connectivity index (χ0n) is 14.1. The number of benzene rings is 1. The van der Waals surface area contributed by atoms with Crippen LogP contribution in [0.3, 0.4) is 0 Å². The standard InChI is InChI=1S/C17H22N4O2S/c1-10-4-5-13(12(3)8-10)15-19-20-16(24-15)18-17(23)21-7-6-11(2)14(21)9-22/h4-5,8,11,14,22H,6-7,9H2,1-3H3,(H,18,20,23)/t11-,14-/m0/s1. The van der Waals surface area contributed by atoms with E-state index in [0.717, 1.165) is 22.6 Å². The van der Waals surface area contributed by atoms with Crippen molar-refractivity contribution < 1.29 is 9.90 Å². The number of aromatic nitrogens is 2. The number of carbonyl (C=O) groups is 1. The first-order valence-electron chi connectivity index (χ1n) is 8.09. The Balaban J connectivity index is 1.73. The Morgan fingerprint density at radius 2 is 2.21 bits per heavy atom. The highest BCUT2D eigenvalue weighted by atomic mass is 32.1. The molecule has 24 heavy (non-hydrogen) atoms. The van der Waals surface area contributed by atoms with Gasteiger partial charge in [-0.1, -0.05) is 42.0 Å². The third kappa shape index (κ3) is 3.27. The first-order chi connectivity index (χ1) is 11.5. The van der Waals surface area contributed by atoms with Crippen molar-refractivity contribution in [1.29, 1.82) is 0 Å². The van der Waals surface area contributed by atoms with Gasteiger partial charge in [-0.05, 0) is 31.7 Å². The normalized spacial score (nSPS) is 20.4. The molecule has 0 spiro atoms. The minimum atomic E-state index is -0.221. The summed E-state index contributed by atoms with van der Waals surface area (Å²) in [6.07, 6.45) is 0.905. The van der Waals surface area contributed by atoms with E-state index in [1.807, 2.05) is 19.1 Å². The molecule has 7 heteroatoms. The van der Waals surface area contributed by atoms with E-state index in [4.69, 9.17) is 0 Å². The highest BCUT2D eigenvalue weighted by molar-refractivity contribution is 7.18. The fraction of sp³-hybridized carbons (Fsp3) is 0.471. The van der Waals surface area contributed by atoms with Crippen LogP contribution in [0.2, 0.25) is 0 Å². The van der Waals surface area contributed by atoms with Crippen LogP contribution >= 0.6 is 11.3 Å². The number of aliphatic hydroxyl groups excluding tert-OH is 1. The molecule has 1 aliphatic heterocycles. The molecule has 2 aromatic rings. The maximum atomic E-state index is 12.4. The smallest absolute Gasteiger partial charge is 0.324 e. The molecule has 2 heterocycles. The number of amides is 2. The van der Waals surface area contributed by atoms with Crippen molar-refractivity contribution in [2.75, 3.05) is 18.5 Å². The summed E-state index contributed by atoms with van der Waals surface area (Å²) >= 11 is 1.36. The molecule has 1 aromatic heterocycles. The van der Waals surface area contributed by atoms with E-state index in [2.05, 4.69) is 35.4 Å². The second-order valence-electron chi connectivity index (χ2n) is 6.37. The van der Waals surface area contributed by atoms with Crippen LogP contribution in [0.5, 0.6) is 0 Å². The molecule has 128 valence electrons. The number of likely N-dealkylation sites (tertiary alicyclic amines) is 1. The van der Waals surface area contributed by atoms with Crippen LogP contribution in [0.15, 0.2) is 18.2 Å². The Labute approximate surface area is 145 Å². The Hall–Kier alpha value is -1.99. The molecule has 0 aliphatic carbocycles. The molecule has 1 aliphatic rings. The lowest BCUT2D eigenvalue weighted by Gasteiger charge is -2.24. The highest BCUT2D eigenvalue weighted by Gasteiger charge is 2.34. The summed E-state index contributed by atoms with van der Waals surface area (Å²) in [6, 6.07) is 5.82. The number of nitrogens with one attached hydrogen (secondary N) is 1. The fourth-order valence-electron chi connectivity index (χ4n) is 3.14. The second-order valence-corrected chi connectivity index (χ2v) is 7.35. The lowest BCUT2D eigenvalue weighted by molar-refractivity contribution is 0.152. The summed E-state index contributed by atoms with van der Waals surface area (Å²) in [4.78, 5) is 14.1. The predicted molar refractivity (Wildman–Crippen MR) is 95.2 cm³/mol. The van der Waals surface area contributed by atoms with Crippen molar-refractivity contribution in [3.63, 3.8) is 0 Å². The van der Waals surface area contributed by atoms with Gasteiger partial charge in [-0.15, -0.1) is 10.2 Å². The van der Waals surface area contributed by atoms with Gasteiger partial charge in [0.15, 0.2) is 0 Å². The van der Waals surface area contributed by atoms with Crippen LogP contribution < -0.4 is 5.32 Å². The van der Waals surface area contributed by atoms with E-state index in [1.165, 1.54) is 16.9 Å². The lowest BCUT2D eigenvalue weighted by Crippen LogP contribution is -2.42. The van der Waals surface area contributed by atoms with E-state index < -0.39 is 0 Å². The van der Waals surface area contributed by atoms with E-state index in [9.17, 15) is 9.90 Å². The largest absolute Gasteiger partial charge is 0.394 e. The molecule has 0 radical (unpaired) electrons. The highest BCUT2D eigenvalue weighted by Crippen LogP contribution is 2.30. The third-order valence-corrected chi connectivity index (χ3v) is 5.45. The molecule has 1 saturated heterocycles. The van der Waals surface area contributed by atoms with Crippen LogP contribution in [-0.2, 0) is 0 Å². The van der Waals surface area contributed by atoms with Gasteiger partial charge in [-0.25, -0.2) is 4.79 Å². The molecule has 3 rings (SSSR count). The van der Waals surface area contributed by atoms with Gasteiger partial charge in [0.25, 0.3) is 0 Å². The average Bonchev–Trinajstić information content (AvgIpc) is 3.13. The second kappa shape index (κ2) is 6.86. The Kier molecular flexibility index (Phi) is 4.82. The fourth-order valence-corrected chi connectivity index (χ4v) is 3.96. The molecule has 2 N–H and O–H groups in total. The summed E-state index contributed by atoms with van der Waals surface area (Å²) < 4.78 is 0. The molecular weight excluding hydrogens is 324 g/mol. The van der Waals surface area contributed by atoms with Crippen LogP contribution in [0.4, 0.5) is 9.93 Å². The first kappa shape index (κ1) is 16.9. The SMILES string of the molecule is Cc1ccc(-c2nnc(NC(=O)N3CC[C@H](C)[C@@H]3CO)s2)c(C)c1. The number of nitrogens with zero attached hydrogens (tertiary/aromatic N) is 3. The number of urea groups is 1. The van der Waals surface area contributed by atoms with Crippen LogP contribution in [0, 0.1) is 19.8 Å². The van der Waals surface area contributed by atoms with Crippen molar-refractivity contribution in [3.8, 4) is 10.6 Å². The number of rotatable bonds is 3. The zero-order chi connectivity index (χ0) is 17.3. The van der Waals surface area contributed by atoms with Gasteiger partial charge in [-0.3, -0.25) is 5.32 Å². The Morgan fingerprint density at radius 3 is 2.92 bits per heavy atom. The first-order valence-corrected chi connectivity index (χ1v) is 8.91. The van der Waals surface area contributed by atoms with Gasteiger partial charge in [-0.2, -0.15) is 0 Å². The van der Waals surface area contributed by atoms with E-state index >= 15 is 0 Å². The van der Waals surface area contributed by atoms with Gasteiger partial charge < -0.3 is 10.0 Å². The summed E-state index contributed by atoms with van der Waals surface area (Å²) in [5, 5.41) is 21.8. The number of anilines is 1.